The van der Waals surface area contributed by atoms with Gasteiger partial charge in [0, 0.05) is 26.7 Å². The molecule has 1 aromatic carbocycles. The molecule has 0 spiro atoms. The van der Waals surface area contributed by atoms with Crippen LogP contribution < -0.4 is 20.3 Å². The van der Waals surface area contributed by atoms with Crippen LogP contribution in [0.15, 0.2) is 41.4 Å². The third-order valence-electron chi connectivity index (χ3n) is 3.54. The summed E-state index contributed by atoms with van der Waals surface area (Å²) in [5.41, 5.74) is 0.850. The fourth-order valence-electron chi connectivity index (χ4n) is 2.23. The molecule has 9 heteroatoms. The largest absolute Gasteiger partial charge is 0.489 e. The van der Waals surface area contributed by atoms with Crippen LogP contribution in [0.3, 0.4) is 0 Å². The van der Waals surface area contributed by atoms with Crippen molar-refractivity contribution in [3.8, 4) is 5.75 Å². The van der Waals surface area contributed by atoms with Gasteiger partial charge < -0.3 is 20.3 Å². The van der Waals surface area contributed by atoms with Gasteiger partial charge >= 0.3 is 0 Å². The second-order valence-electron chi connectivity index (χ2n) is 5.93. The number of benzene rings is 1. The second kappa shape index (κ2) is 12.3. The van der Waals surface area contributed by atoms with Gasteiger partial charge in [-0.25, -0.2) is 18.8 Å². The van der Waals surface area contributed by atoms with Crippen LogP contribution in [0.2, 0.25) is 0 Å². The van der Waals surface area contributed by atoms with Gasteiger partial charge in [-0.3, -0.25) is 0 Å². The fourth-order valence-corrected chi connectivity index (χ4v) is 2.23. The number of guanidine groups is 1. The maximum absolute atomic E-state index is 13.5. The average molecular weight is 505 g/mol. The van der Waals surface area contributed by atoms with Gasteiger partial charge in [0.1, 0.15) is 18.2 Å². The zero-order valence-corrected chi connectivity index (χ0v) is 18.5. The number of halogens is 3. The maximum Gasteiger partial charge on any atom is 0.191 e. The van der Waals surface area contributed by atoms with Crippen LogP contribution in [0, 0.1) is 11.6 Å². The molecule has 2 aromatic rings. The van der Waals surface area contributed by atoms with Crippen LogP contribution >= 0.6 is 24.0 Å². The minimum atomic E-state index is -0.720. The quantitative estimate of drug-likeness (QED) is 0.250. The predicted molar refractivity (Wildman–Crippen MR) is 119 cm³/mol. The first-order chi connectivity index (χ1) is 13.0. The summed E-state index contributed by atoms with van der Waals surface area (Å²) in [6.45, 7) is 3.70. The molecule has 0 aliphatic heterocycles. The normalized spacial score (nSPS) is 10.8. The van der Waals surface area contributed by atoms with Crippen LogP contribution in [-0.4, -0.2) is 44.7 Å². The molecule has 0 amide bonds. The lowest BCUT2D eigenvalue weighted by atomic mass is 10.3. The number of hydrogen-bond donors (Lipinski definition) is 2. The Morgan fingerprint density at radius 2 is 1.96 bits per heavy atom. The molecule has 0 saturated heterocycles. The highest BCUT2D eigenvalue weighted by atomic mass is 127. The van der Waals surface area contributed by atoms with Crippen molar-refractivity contribution in [2.24, 2.45) is 4.99 Å². The van der Waals surface area contributed by atoms with Gasteiger partial charge in [0.05, 0.1) is 18.8 Å². The lowest BCUT2D eigenvalue weighted by Crippen LogP contribution is -2.39. The number of anilines is 1. The molecule has 0 aliphatic carbocycles. The lowest BCUT2D eigenvalue weighted by Gasteiger charge is -2.13. The summed E-state index contributed by atoms with van der Waals surface area (Å²) in [5.74, 6) is 0.145. The lowest BCUT2D eigenvalue weighted by molar-refractivity contribution is 0.304. The monoisotopic (exact) mass is 505 g/mol. The highest BCUT2D eigenvalue weighted by Gasteiger charge is 2.05. The first kappa shape index (κ1) is 23.9. The molecule has 1 aromatic heterocycles. The van der Waals surface area contributed by atoms with Gasteiger partial charge in [0.25, 0.3) is 0 Å². The molecule has 1 heterocycles. The van der Waals surface area contributed by atoms with Gasteiger partial charge in [-0.1, -0.05) is 6.07 Å². The smallest absolute Gasteiger partial charge is 0.191 e. The summed E-state index contributed by atoms with van der Waals surface area (Å²) in [6, 6.07) is 9.02. The molecule has 0 aliphatic rings. The minimum Gasteiger partial charge on any atom is -0.489 e. The van der Waals surface area contributed by atoms with Gasteiger partial charge in [-0.05, 0) is 31.2 Å². The van der Waals surface area contributed by atoms with Crippen LogP contribution in [0.1, 0.15) is 12.6 Å². The summed E-state index contributed by atoms with van der Waals surface area (Å²) in [4.78, 5) is 10.9. The maximum atomic E-state index is 13.5. The number of rotatable bonds is 8. The van der Waals surface area contributed by atoms with Crippen LogP contribution in [0.25, 0.3) is 0 Å². The molecule has 0 bridgehead atoms. The summed E-state index contributed by atoms with van der Waals surface area (Å²) >= 11 is 0. The second-order valence-corrected chi connectivity index (χ2v) is 5.93. The Balaban J connectivity index is 0.00000392. The Morgan fingerprint density at radius 3 is 2.64 bits per heavy atom. The average Bonchev–Trinajstić information content (AvgIpc) is 2.64. The van der Waals surface area contributed by atoms with Crippen LogP contribution in [0.5, 0.6) is 5.75 Å². The fraction of sp³-hybridized carbons (Fsp3) is 0.368. The molecule has 2 rings (SSSR count). The SMILES string of the molecule is CCNC(=NCc1cccc(N(C)C)n1)NCCOc1ccc(F)cc1F.I. The van der Waals surface area contributed by atoms with Crippen molar-refractivity contribution in [2.45, 2.75) is 13.5 Å². The van der Waals surface area contributed by atoms with E-state index >= 15 is 0 Å². The molecule has 0 unspecified atom stereocenters. The first-order valence-corrected chi connectivity index (χ1v) is 8.73. The minimum absolute atomic E-state index is 0. The number of pyridine rings is 1. The topological polar surface area (TPSA) is 61.8 Å². The molecular formula is C19H26F2IN5O. The van der Waals surface area contributed by atoms with E-state index in [4.69, 9.17) is 4.74 Å². The van der Waals surface area contributed by atoms with E-state index in [2.05, 4.69) is 20.6 Å². The number of aromatic nitrogens is 1. The van der Waals surface area contributed by atoms with Gasteiger partial charge in [0.2, 0.25) is 0 Å². The van der Waals surface area contributed by atoms with Gasteiger partial charge in [0.15, 0.2) is 17.5 Å². The standard InChI is InChI=1S/C19H25F2N5O.HI/c1-4-22-19(24-13-15-6-5-7-18(25-15)26(2)3)23-10-11-27-17-9-8-14(20)12-16(17)21;/h5-9,12H,4,10-11,13H2,1-3H3,(H2,22,23,24);1H. The van der Waals surface area contributed by atoms with E-state index in [1.165, 1.54) is 6.07 Å². The predicted octanol–water partition coefficient (Wildman–Crippen LogP) is 3.18. The number of ether oxygens (including phenoxy) is 1. The van der Waals surface area contributed by atoms with Crippen molar-refractivity contribution < 1.29 is 13.5 Å². The van der Waals surface area contributed by atoms with Crippen molar-refractivity contribution in [3.63, 3.8) is 0 Å². The molecular weight excluding hydrogens is 479 g/mol. The molecule has 28 heavy (non-hydrogen) atoms. The van der Waals surface area contributed by atoms with E-state index in [-0.39, 0.29) is 36.3 Å². The Hall–Kier alpha value is -2.17. The van der Waals surface area contributed by atoms with Crippen molar-refractivity contribution in [2.75, 3.05) is 38.7 Å². The van der Waals surface area contributed by atoms with E-state index in [1.54, 1.807) is 0 Å². The van der Waals surface area contributed by atoms with Gasteiger partial charge in [-0.2, -0.15) is 0 Å². The molecule has 0 fully saturated rings. The van der Waals surface area contributed by atoms with E-state index < -0.39 is 11.6 Å². The van der Waals surface area contributed by atoms with Crippen LogP contribution in [-0.2, 0) is 6.54 Å². The molecule has 0 radical (unpaired) electrons. The summed E-state index contributed by atoms with van der Waals surface area (Å²) in [7, 11) is 3.87. The third kappa shape index (κ3) is 7.83. The van der Waals surface area contributed by atoms with Gasteiger partial charge in [-0.15, -0.1) is 24.0 Å². The van der Waals surface area contributed by atoms with E-state index in [9.17, 15) is 8.78 Å². The summed E-state index contributed by atoms with van der Waals surface area (Å²) < 4.78 is 31.7. The Labute approximate surface area is 181 Å². The Bertz CT molecular complexity index is 774. The van der Waals surface area contributed by atoms with Crippen molar-refractivity contribution in [1.29, 1.82) is 0 Å². The molecule has 154 valence electrons. The zero-order chi connectivity index (χ0) is 19.6. The van der Waals surface area contributed by atoms with Crippen molar-refractivity contribution in [1.82, 2.24) is 15.6 Å². The molecule has 0 saturated carbocycles. The number of hydrogen-bond acceptors (Lipinski definition) is 4. The van der Waals surface area contributed by atoms with E-state index in [0.29, 0.717) is 25.6 Å². The van der Waals surface area contributed by atoms with Crippen molar-refractivity contribution in [3.05, 3.63) is 53.7 Å². The first-order valence-electron chi connectivity index (χ1n) is 8.73. The van der Waals surface area contributed by atoms with Crippen LogP contribution in [0.4, 0.5) is 14.6 Å². The molecule has 6 nitrogen and oxygen atoms in total. The number of nitrogens with one attached hydrogen (secondary N) is 2. The van der Waals surface area contributed by atoms with E-state index in [1.807, 2.05) is 44.1 Å². The third-order valence-corrected chi connectivity index (χ3v) is 3.54. The number of nitrogens with zero attached hydrogens (tertiary/aromatic N) is 3. The summed E-state index contributed by atoms with van der Waals surface area (Å²) in [6.07, 6.45) is 0. The highest BCUT2D eigenvalue weighted by molar-refractivity contribution is 14.0. The number of aliphatic imine (C=N–C) groups is 1. The van der Waals surface area contributed by atoms with Crippen molar-refractivity contribution >= 4 is 35.8 Å². The van der Waals surface area contributed by atoms with E-state index in [0.717, 1.165) is 23.6 Å². The Morgan fingerprint density at radius 1 is 1.18 bits per heavy atom. The summed E-state index contributed by atoms with van der Waals surface area (Å²) in [5, 5.41) is 6.24. The Kier molecular flexibility index (Phi) is 10.5. The highest BCUT2D eigenvalue weighted by Crippen LogP contribution is 2.17. The molecule has 2 N–H and O–H groups in total. The zero-order valence-electron chi connectivity index (χ0n) is 16.2. The molecule has 0 atom stereocenters.